The van der Waals surface area contributed by atoms with Crippen LogP contribution in [0.4, 0.5) is 5.82 Å². The number of carbonyl (C=O) groups excluding carboxylic acids is 1. The van der Waals surface area contributed by atoms with E-state index < -0.39 is 0 Å². The molecule has 11 nitrogen and oxygen atoms in total. The molecule has 2 atom stereocenters. The molecule has 2 bridgehead atoms. The van der Waals surface area contributed by atoms with E-state index in [-0.39, 0.29) is 11.3 Å². The zero-order chi connectivity index (χ0) is 28.8. The van der Waals surface area contributed by atoms with Crippen LogP contribution in [-0.2, 0) is 4.79 Å². The summed E-state index contributed by atoms with van der Waals surface area (Å²) < 4.78 is 7.70. The van der Waals surface area contributed by atoms with Crippen molar-refractivity contribution < 1.29 is 9.53 Å². The molecule has 2 unspecified atom stereocenters. The van der Waals surface area contributed by atoms with Crippen molar-refractivity contribution in [2.24, 2.45) is 11.3 Å². The second-order valence-electron chi connectivity index (χ2n) is 12.7. The minimum absolute atomic E-state index is 0.218. The number of rotatable bonds is 9. The highest BCUT2D eigenvalue weighted by Crippen LogP contribution is 2.37. The average Bonchev–Trinajstić information content (AvgIpc) is 3.57. The summed E-state index contributed by atoms with van der Waals surface area (Å²) in [6, 6.07) is 7.44. The zero-order valence-corrected chi connectivity index (χ0v) is 24.8. The molecule has 4 aliphatic rings. The predicted octanol–water partition coefficient (Wildman–Crippen LogP) is 3.08. The van der Waals surface area contributed by atoms with Crippen LogP contribution in [0.3, 0.4) is 0 Å². The Morgan fingerprint density at radius 1 is 1.19 bits per heavy atom. The molecule has 42 heavy (non-hydrogen) atoms. The Hall–Kier alpha value is -3.70. The maximum Gasteiger partial charge on any atom is 0.227 e. The summed E-state index contributed by atoms with van der Waals surface area (Å²) in [6.45, 7) is 12.1. The van der Waals surface area contributed by atoms with Crippen LogP contribution >= 0.6 is 0 Å². The Balaban J connectivity index is 1.10. The summed E-state index contributed by atoms with van der Waals surface area (Å²) in [6.07, 6.45) is 8.57. The maximum absolute atomic E-state index is 13.7. The number of amides is 1. The van der Waals surface area contributed by atoms with Gasteiger partial charge in [0.15, 0.2) is 5.65 Å². The molecular formula is C31H41N9O2. The molecule has 8 heterocycles. The normalized spacial score (nSPS) is 22.0. The summed E-state index contributed by atoms with van der Waals surface area (Å²) in [7, 11) is 0. The minimum atomic E-state index is -0.363. The fourth-order valence-corrected chi connectivity index (χ4v) is 7.01. The Bertz CT molecular complexity index is 1550. The standard InChI is InChI=1S/C31H41N9O2/c1-4-42-24-12-25(28-26-15-34-36-29(26)37-40(28)18-24)21-5-6-27(32-14-21)39-9-7-31(8-10-39,30(41)33-13-20(2)3)19-38-16-22-11-23(17-38)35-22/h5-6,12,14-15,18,20,22-23,35H,4,7-11,13,16-17,19H2,1-3H3,(H,33,41)(H,36,37). The molecule has 0 saturated carbocycles. The lowest BCUT2D eigenvalue weighted by Gasteiger charge is -2.51. The van der Waals surface area contributed by atoms with Gasteiger partial charge in [0.25, 0.3) is 0 Å². The summed E-state index contributed by atoms with van der Waals surface area (Å²) in [5, 5.41) is 19.7. The molecule has 0 aromatic carbocycles. The lowest BCUT2D eigenvalue weighted by Crippen LogP contribution is -2.68. The van der Waals surface area contributed by atoms with Gasteiger partial charge >= 0.3 is 0 Å². The monoisotopic (exact) mass is 571 g/mol. The first kappa shape index (κ1) is 27.2. The molecule has 0 spiro atoms. The number of hydrogen-bond acceptors (Lipinski definition) is 8. The van der Waals surface area contributed by atoms with Crippen molar-refractivity contribution in [2.45, 2.75) is 52.1 Å². The second-order valence-corrected chi connectivity index (χ2v) is 12.7. The first-order valence-corrected chi connectivity index (χ1v) is 15.4. The molecule has 1 amide bonds. The number of piperidine rings is 2. The van der Waals surface area contributed by atoms with Crippen LogP contribution in [0.25, 0.3) is 27.7 Å². The average molecular weight is 572 g/mol. The van der Waals surface area contributed by atoms with Crippen molar-refractivity contribution in [3.05, 3.63) is 36.8 Å². The number of anilines is 1. The van der Waals surface area contributed by atoms with E-state index in [1.807, 2.05) is 30.0 Å². The zero-order valence-electron chi connectivity index (χ0n) is 24.8. The van der Waals surface area contributed by atoms with E-state index in [4.69, 9.17) is 9.72 Å². The Morgan fingerprint density at radius 2 is 1.98 bits per heavy atom. The molecule has 3 N–H and O–H groups in total. The van der Waals surface area contributed by atoms with Gasteiger partial charge in [0.2, 0.25) is 5.91 Å². The summed E-state index contributed by atoms with van der Waals surface area (Å²) in [5.74, 6) is 2.35. The van der Waals surface area contributed by atoms with Crippen molar-refractivity contribution >= 4 is 28.3 Å². The number of aromatic nitrogens is 5. The van der Waals surface area contributed by atoms with Crippen LogP contribution < -0.4 is 20.3 Å². The molecule has 4 saturated heterocycles. The number of piperazine rings is 1. The van der Waals surface area contributed by atoms with Gasteiger partial charge in [-0.3, -0.25) is 14.8 Å². The van der Waals surface area contributed by atoms with Crippen molar-refractivity contribution in [1.29, 1.82) is 0 Å². The molecule has 0 aliphatic carbocycles. The number of nitrogens with one attached hydrogen (secondary N) is 3. The highest BCUT2D eigenvalue weighted by Gasteiger charge is 2.46. The lowest BCUT2D eigenvalue weighted by molar-refractivity contribution is -0.134. The number of fused-ring (bicyclic) bond motifs is 5. The number of ether oxygens (including phenoxy) is 1. The van der Waals surface area contributed by atoms with Gasteiger partial charge in [-0.25, -0.2) is 9.50 Å². The van der Waals surface area contributed by atoms with E-state index in [1.54, 1.807) is 0 Å². The van der Waals surface area contributed by atoms with Crippen molar-refractivity contribution in [1.82, 2.24) is 40.3 Å². The summed E-state index contributed by atoms with van der Waals surface area (Å²) >= 11 is 0. The maximum atomic E-state index is 13.7. The van der Waals surface area contributed by atoms with E-state index in [9.17, 15) is 4.79 Å². The smallest absolute Gasteiger partial charge is 0.227 e. The fraction of sp³-hybridized carbons (Fsp3) is 0.548. The van der Waals surface area contributed by atoms with Crippen LogP contribution in [0.2, 0.25) is 0 Å². The lowest BCUT2D eigenvalue weighted by atomic mass is 9.75. The van der Waals surface area contributed by atoms with Crippen LogP contribution in [0, 0.1) is 11.3 Å². The Labute approximate surface area is 246 Å². The third-order valence-corrected chi connectivity index (χ3v) is 9.19. The van der Waals surface area contributed by atoms with Gasteiger partial charge in [0.1, 0.15) is 11.6 Å². The Morgan fingerprint density at radius 3 is 2.67 bits per heavy atom. The number of nitrogens with zero attached hydrogens (tertiary/aromatic N) is 6. The highest BCUT2D eigenvalue weighted by atomic mass is 16.5. The van der Waals surface area contributed by atoms with Crippen molar-refractivity contribution in [3.8, 4) is 16.9 Å². The van der Waals surface area contributed by atoms with E-state index in [1.165, 1.54) is 6.42 Å². The molecule has 4 fully saturated rings. The van der Waals surface area contributed by atoms with Crippen LogP contribution in [0.15, 0.2) is 36.8 Å². The first-order chi connectivity index (χ1) is 20.4. The van der Waals surface area contributed by atoms with Crippen molar-refractivity contribution in [3.63, 3.8) is 0 Å². The third kappa shape index (κ3) is 4.98. The Kier molecular flexibility index (Phi) is 7.02. The van der Waals surface area contributed by atoms with Crippen molar-refractivity contribution in [2.75, 3.05) is 50.8 Å². The summed E-state index contributed by atoms with van der Waals surface area (Å²) in [5.41, 5.74) is 3.33. The van der Waals surface area contributed by atoms with Gasteiger partial charge in [-0.1, -0.05) is 13.8 Å². The predicted molar refractivity (Wildman–Crippen MR) is 163 cm³/mol. The minimum Gasteiger partial charge on any atom is -0.492 e. The number of aromatic amines is 1. The van der Waals surface area contributed by atoms with E-state index in [0.29, 0.717) is 24.6 Å². The van der Waals surface area contributed by atoms with Gasteiger partial charge in [0, 0.05) is 68.7 Å². The molecule has 222 valence electrons. The molecule has 4 aliphatic heterocycles. The largest absolute Gasteiger partial charge is 0.492 e. The fourth-order valence-electron chi connectivity index (χ4n) is 7.01. The van der Waals surface area contributed by atoms with Gasteiger partial charge < -0.3 is 20.3 Å². The first-order valence-electron chi connectivity index (χ1n) is 15.4. The van der Waals surface area contributed by atoms with Crippen LogP contribution in [-0.4, -0.2) is 93.6 Å². The highest BCUT2D eigenvalue weighted by molar-refractivity contribution is 6.00. The SMILES string of the molecule is CCOc1cc(-c2ccc(N3CCC(CN4CC5CC(C4)N5)(C(=O)NCC(C)C)CC3)nc2)c2c3cn[nH]c3nn2c1. The topological polar surface area (TPSA) is 116 Å². The van der Waals surface area contributed by atoms with Gasteiger partial charge in [-0.05, 0) is 50.3 Å². The van der Waals surface area contributed by atoms with Gasteiger partial charge in [0.05, 0.1) is 35.3 Å². The molecule has 11 heteroatoms. The molecule has 4 aromatic heterocycles. The molecule has 4 aromatic rings. The van der Waals surface area contributed by atoms with E-state index >= 15 is 0 Å². The van der Waals surface area contributed by atoms with Crippen LogP contribution in [0.5, 0.6) is 5.75 Å². The quantitative estimate of drug-likeness (QED) is 0.281. The molecule has 0 radical (unpaired) electrons. The number of H-pyrrole nitrogens is 1. The number of carbonyl (C=O) groups is 1. The third-order valence-electron chi connectivity index (χ3n) is 9.19. The van der Waals surface area contributed by atoms with E-state index in [2.05, 4.69) is 67.8 Å². The summed E-state index contributed by atoms with van der Waals surface area (Å²) in [4.78, 5) is 23.4. The molecular weight excluding hydrogens is 530 g/mol. The number of pyridine rings is 2. The van der Waals surface area contributed by atoms with Crippen LogP contribution in [0.1, 0.15) is 40.0 Å². The number of hydrogen-bond donors (Lipinski definition) is 3. The van der Waals surface area contributed by atoms with E-state index in [0.717, 1.165) is 91.4 Å². The van der Waals surface area contributed by atoms with Gasteiger partial charge in [-0.15, -0.1) is 5.10 Å². The molecule has 8 rings (SSSR count). The van der Waals surface area contributed by atoms with Gasteiger partial charge in [-0.2, -0.15) is 5.10 Å². The second kappa shape index (κ2) is 10.9.